The van der Waals surface area contributed by atoms with Crippen molar-refractivity contribution in [1.29, 1.82) is 0 Å². The van der Waals surface area contributed by atoms with Crippen LogP contribution >= 0.6 is 12.4 Å². The lowest BCUT2D eigenvalue weighted by Crippen LogP contribution is -2.41. The zero-order chi connectivity index (χ0) is 25.8. The van der Waals surface area contributed by atoms with Crippen molar-refractivity contribution in [3.63, 3.8) is 0 Å². The highest BCUT2D eigenvalue weighted by Crippen LogP contribution is 2.36. The summed E-state index contributed by atoms with van der Waals surface area (Å²) in [5, 5.41) is 0. The third-order valence-electron chi connectivity index (χ3n) is 7.62. The standard InChI is InChI=1S/C29H38N2O6.ClH/c1-20(37-23-8-9-25-28(15-23)36-19-35-25)17-30-11-4-6-21(18-30)7-5-12-31-13-10-22-14-26(33-2)27(34-3)16-24(22)29(31)32;/h8-9,14-16,20-21H,4-7,10-13,17-19H2,1-3H3;1H. The van der Waals surface area contributed by atoms with Gasteiger partial charge in [0, 0.05) is 37.8 Å². The number of benzene rings is 2. The number of likely N-dealkylation sites (tertiary alicyclic amines) is 1. The van der Waals surface area contributed by atoms with E-state index in [-0.39, 0.29) is 31.2 Å². The molecule has 1 fully saturated rings. The number of rotatable bonds is 10. The van der Waals surface area contributed by atoms with Crippen molar-refractivity contribution < 1.29 is 28.5 Å². The predicted octanol–water partition coefficient (Wildman–Crippen LogP) is 4.81. The molecule has 0 spiro atoms. The first kappa shape index (κ1) is 28.2. The fourth-order valence-electron chi connectivity index (χ4n) is 5.77. The van der Waals surface area contributed by atoms with Gasteiger partial charge in [0.05, 0.1) is 14.2 Å². The summed E-state index contributed by atoms with van der Waals surface area (Å²) >= 11 is 0. The summed E-state index contributed by atoms with van der Waals surface area (Å²) < 4.78 is 27.8. The topological polar surface area (TPSA) is 69.7 Å². The Labute approximate surface area is 231 Å². The van der Waals surface area contributed by atoms with Gasteiger partial charge < -0.3 is 28.6 Å². The SMILES string of the molecule is COc1cc2c(cc1OC)C(=O)N(CCCC1CCCN(CC(C)Oc3ccc4c(c3)OCO4)C1)CC2.Cl. The fourth-order valence-corrected chi connectivity index (χ4v) is 5.77. The second-order valence-electron chi connectivity index (χ2n) is 10.3. The number of carbonyl (C=O) groups is 1. The van der Waals surface area contributed by atoms with Crippen LogP contribution in [0.1, 0.15) is 48.5 Å². The maximum Gasteiger partial charge on any atom is 0.254 e. The number of hydrogen-bond donors (Lipinski definition) is 0. The summed E-state index contributed by atoms with van der Waals surface area (Å²) in [6.45, 7) is 7.04. The number of amides is 1. The van der Waals surface area contributed by atoms with Gasteiger partial charge in [-0.2, -0.15) is 0 Å². The molecule has 0 bridgehead atoms. The van der Waals surface area contributed by atoms with Crippen LogP contribution in [0.15, 0.2) is 30.3 Å². The summed E-state index contributed by atoms with van der Waals surface area (Å²) in [5.74, 6) is 4.38. The number of carbonyl (C=O) groups excluding carboxylic acids is 1. The molecule has 2 atom stereocenters. The van der Waals surface area contributed by atoms with E-state index in [0.717, 1.165) is 80.4 Å². The van der Waals surface area contributed by atoms with Gasteiger partial charge in [0.1, 0.15) is 11.9 Å². The first-order valence-corrected chi connectivity index (χ1v) is 13.4. The fraction of sp³-hybridized carbons (Fsp3) is 0.552. The summed E-state index contributed by atoms with van der Waals surface area (Å²) in [7, 11) is 3.23. The molecule has 38 heavy (non-hydrogen) atoms. The number of methoxy groups -OCH3 is 2. The molecule has 0 radical (unpaired) electrons. The summed E-state index contributed by atoms with van der Waals surface area (Å²) in [5.41, 5.74) is 1.78. The van der Waals surface area contributed by atoms with E-state index in [4.69, 9.17) is 23.7 Å². The average molecular weight is 547 g/mol. The van der Waals surface area contributed by atoms with Gasteiger partial charge in [0.25, 0.3) is 5.91 Å². The van der Waals surface area contributed by atoms with Crippen molar-refractivity contribution in [3.05, 3.63) is 41.5 Å². The molecular weight excluding hydrogens is 508 g/mol. The second-order valence-corrected chi connectivity index (χ2v) is 10.3. The van der Waals surface area contributed by atoms with Crippen LogP contribution in [0.2, 0.25) is 0 Å². The maximum atomic E-state index is 13.1. The van der Waals surface area contributed by atoms with Crippen LogP contribution < -0.4 is 23.7 Å². The highest BCUT2D eigenvalue weighted by molar-refractivity contribution is 5.97. The molecule has 0 aliphatic carbocycles. The molecule has 1 amide bonds. The van der Waals surface area contributed by atoms with Crippen LogP contribution in [0.5, 0.6) is 28.7 Å². The van der Waals surface area contributed by atoms with E-state index in [1.807, 2.05) is 35.2 Å². The van der Waals surface area contributed by atoms with E-state index < -0.39 is 0 Å². The molecule has 9 heteroatoms. The van der Waals surface area contributed by atoms with Gasteiger partial charge in [-0.15, -0.1) is 12.4 Å². The van der Waals surface area contributed by atoms with E-state index in [2.05, 4.69) is 11.8 Å². The highest BCUT2D eigenvalue weighted by Gasteiger charge is 2.27. The van der Waals surface area contributed by atoms with Gasteiger partial charge in [-0.3, -0.25) is 9.69 Å². The molecule has 1 saturated heterocycles. The molecule has 3 heterocycles. The minimum Gasteiger partial charge on any atom is -0.493 e. The Morgan fingerprint density at radius 1 is 1.05 bits per heavy atom. The van der Waals surface area contributed by atoms with E-state index in [9.17, 15) is 4.79 Å². The minimum atomic E-state index is 0. The highest BCUT2D eigenvalue weighted by atomic mass is 35.5. The average Bonchev–Trinajstić information content (AvgIpc) is 3.37. The van der Waals surface area contributed by atoms with Gasteiger partial charge in [-0.05, 0) is 81.3 Å². The molecule has 2 unspecified atom stereocenters. The number of ether oxygens (including phenoxy) is 5. The van der Waals surface area contributed by atoms with Crippen molar-refractivity contribution in [3.8, 4) is 28.7 Å². The zero-order valence-corrected chi connectivity index (χ0v) is 23.4. The maximum absolute atomic E-state index is 13.1. The lowest BCUT2D eigenvalue weighted by molar-refractivity contribution is 0.0724. The lowest BCUT2D eigenvalue weighted by Gasteiger charge is -2.35. The van der Waals surface area contributed by atoms with E-state index in [1.165, 1.54) is 12.8 Å². The van der Waals surface area contributed by atoms with Gasteiger partial charge in [0.2, 0.25) is 6.79 Å². The number of fused-ring (bicyclic) bond motifs is 2. The monoisotopic (exact) mass is 546 g/mol. The van der Waals surface area contributed by atoms with Crippen molar-refractivity contribution >= 4 is 18.3 Å². The molecule has 208 valence electrons. The van der Waals surface area contributed by atoms with Crippen molar-refractivity contribution in [2.45, 2.75) is 45.1 Å². The Morgan fingerprint density at radius 2 is 1.84 bits per heavy atom. The smallest absolute Gasteiger partial charge is 0.254 e. The first-order valence-electron chi connectivity index (χ1n) is 13.4. The Balaban J connectivity index is 0.00000336. The van der Waals surface area contributed by atoms with E-state index in [0.29, 0.717) is 17.4 Å². The third kappa shape index (κ3) is 6.41. The molecule has 2 aromatic rings. The predicted molar refractivity (Wildman–Crippen MR) is 147 cm³/mol. The quantitative estimate of drug-likeness (QED) is 0.423. The summed E-state index contributed by atoms with van der Waals surface area (Å²) in [4.78, 5) is 17.7. The largest absolute Gasteiger partial charge is 0.493 e. The van der Waals surface area contributed by atoms with Crippen LogP contribution in [0.4, 0.5) is 0 Å². The Kier molecular flexibility index (Phi) is 9.49. The summed E-state index contributed by atoms with van der Waals surface area (Å²) in [6.07, 6.45) is 5.55. The van der Waals surface area contributed by atoms with Crippen molar-refractivity contribution in [1.82, 2.24) is 9.80 Å². The van der Waals surface area contributed by atoms with Crippen LogP contribution in [0.25, 0.3) is 0 Å². The molecule has 0 aromatic heterocycles. The molecule has 2 aromatic carbocycles. The number of piperidine rings is 1. The third-order valence-corrected chi connectivity index (χ3v) is 7.62. The Hall–Kier alpha value is -2.84. The molecule has 5 rings (SSSR count). The summed E-state index contributed by atoms with van der Waals surface area (Å²) in [6, 6.07) is 9.52. The van der Waals surface area contributed by atoms with Gasteiger partial charge in [-0.1, -0.05) is 0 Å². The lowest BCUT2D eigenvalue weighted by atomic mass is 9.92. The van der Waals surface area contributed by atoms with Crippen LogP contribution in [0.3, 0.4) is 0 Å². The van der Waals surface area contributed by atoms with Gasteiger partial charge in [0.15, 0.2) is 23.0 Å². The van der Waals surface area contributed by atoms with Crippen LogP contribution in [-0.2, 0) is 6.42 Å². The zero-order valence-electron chi connectivity index (χ0n) is 22.6. The molecular formula is C29H39ClN2O6. The number of halogens is 1. The van der Waals surface area contributed by atoms with Gasteiger partial charge >= 0.3 is 0 Å². The molecule has 8 nitrogen and oxygen atoms in total. The Bertz CT molecular complexity index is 1110. The van der Waals surface area contributed by atoms with E-state index >= 15 is 0 Å². The second kappa shape index (κ2) is 12.8. The van der Waals surface area contributed by atoms with E-state index in [1.54, 1.807) is 14.2 Å². The number of nitrogens with zero attached hydrogens (tertiary/aromatic N) is 2. The van der Waals surface area contributed by atoms with Crippen molar-refractivity contribution in [2.24, 2.45) is 5.92 Å². The molecule has 0 N–H and O–H groups in total. The van der Waals surface area contributed by atoms with Crippen molar-refractivity contribution in [2.75, 3.05) is 53.7 Å². The number of hydrogen-bond acceptors (Lipinski definition) is 7. The van der Waals surface area contributed by atoms with Crippen LogP contribution in [-0.4, -0.2) is 75.5 Å². The molecule has 3 aliphatic heterocycles. The normalized spacial score (nSPS) is 19.4. The first-order chi connectivity index (χ1) is 18.0. The molecule has 0 saturated carbocycles. The molecule has 3 aliphatic rings. The van der Waals surface area contributed by atoms with Crippen LogP contribution in [0, 0.1) is 5.92 Å². The minimum absolute atomic E-state index is 0. The Morgan fingerprint density at radius 3 is 2.66 bits per heavy atom. The van der Waals surface area contributed by atoms with Gasteiger partial charge in [-0.25, -0.2) is 0 Å².